The second kappa shape index (κ2) is 2.62. The molecule has 1 aliphatic heterocycles. The molecule has 0 aromatic carbocycles. The van der Waals surface area contributed by atoms with Crippen molar-refractivity contribution in [3.63, 3.8) is 0 Å². The van der Waals surface area contributed by atoms with Crippen molar-refractivity contribution in [1.29, 1.82) is 0 Å². The highest BCUT2D eigenvalue weighted by molar-refractivity contribution is 5.80. The van der Waals surface area contributed by atoms with Gasteiger partial charge in [0, 0.05) is 30.5 Å². The minimum Gasteiger partial charge on any atom is -0.402 e. The summed E-state index contributed by atoms with van der Waals surface area (Å²) in [6.45, 7) is 0.213. The second-order valence-corrected chi connectivity index (χ2v) is 1.97. The van der Waals surface area contributed by atoms with Gasteiger partial charge >= 0.3 is 0 Å². The van der Waals surface area contributed by atoms with E-state index in [1.165, 1.54) is 6.21 Å². The fourth-order valence-electron chi connectivity index (χ4n) is 0.724. The molecular weight excluding hydrogens is 119 g/mol. The minimum atomic E-state index is -0.491. The maximum absolute atomic E-state index is 11.9. The van der Waals surface area contributed by atoms with Crippen molar-refractivity contribution in [3.8, 4) is 0 Å². The molecule has 0 saturated heterocycles. The first kappa shape index (κ1) is 6.26. The molecule has 1 aliphatic rings. The van der Waals surface area contributed by atoms with Crippen LogP contribution in [0, 0.1) is 0 Å². The maximum Gasteiger partial charge on any atom is 0.118 e. The first-order valence-electron chi connectivity index (χ1n) is 2.88. The van der Waals surface area contributed by atoms with E-state index < -0.39 is 6.67 Å². The van der Waals surface area contributed by atoms with Crippen LogP contribution in [-0.2, 0) is 0 Å². The number of nitrogens with zero attached hydrogens (tertiary/aromatic N) is 1. The van der Waals surface area contributed by atoms with Gasteiger partial charge in [-0.1, -0.05) is 0 Å². The summed E-state index contributed by atoms with van der Waals surface area (Å²) in [5.41, 5.74) is 6.63. The fourth-order valence-corrected chi connectivity index (χ4v) is 0.724. The standard InChI is InChI=1S/C6H9FN2/c7-3-5-4-9-2-1-6(5)8/h4H,1-3,8H2. The third-order valence-electron chi connectivity index (χ3n) is 1.31. The number of aliphatic imine (C=N–C) groups is 1. The Morgan fingerprint density at radius 2 is 2.56 bits per heavy atom. The lowest BCUT2D eigenvalue weighted by molar-refractivity contribution is 0.548. The number of hydrogen-bond donors (Lipinski definition) is 1. The first-order chi connectivity index (χ1) is 4.34. The first-order valence-corrected chi connectivity index (χ1v) is 2.88. The van der Waals surface area contributed by atoms with Gasteiger partial charge in [0.05, 0.1) is 0 Å². The van der Waals surface area contributed by atoms with Gasteiger partial charge in [-0.2, -0.15) is 0 Å². The van der Waals surface area contributed by atoms with Crippen molar-refractivity contribution in [3.05, 3.63) is 11.3 Å². The summed E-state index contributed by atoms with van der Waals surface area (Å²) in [7, 11) is 0. The van der Waals surface area contributed by atoms with Gasteiger partial charge in [0.2, 0.25) is 0 Å². The number of hydrogen-bond acceptors (Lipinski definition) is 2. The average Bonchev–Trinajstić information content (AvgIpc) is 1.89. The smallest absolute Gasteiger partial charge is 0.118 e. The van der Waals surface area contributed by atoms with Crippen molar-refractivity contribution in [2.24, 2.45) is 10.7 Å². The van der Waals surface area contributed by atoms with Crippen LogP contribution in [0.25, 0.3) is 0 Å². The molecule has 0 aromatic heterocycles. The SMILES string of the molecule is NC1=C(CF)C=NCC1. The van der Waals surface area contributed by atoms with Crippen LogP contribution in [-0.4, -0.2) is 19.4 Å². The van der Waals surface area contributed by atoms with E-state index in [-0.39, 0.29) is 0 Å². The molecule has 0 unspecified atom stereocenters. The number of nitrogens with two attached hydrogens (primary N) is 1. The maximum atomic E-state index is 11.9. The fraction of sp³-hybridized carbons (Fsp3) is 0.500. The molecule has 1 heterocycles. The Morgan fingerprint density at radius 1 is 1.78 bits per heavy atom. The van der Waals surface area contributed by atoms with Crippen LogP contribution >= 0.6 is 0 Å². The highest BCUT2D eigenvalue weighted by Crippen LogP contribution is 2.06. The highest BCUT2D eigenvalue weighted by Gasteiger charge is 2.03. The van der Waals surface area contributed by atoms with Crippen LogP contribution in [0.3, 0.4) is 0 Å². The summed E-state index contributed by atoms with van der Waals surface area (Å²) in [5, 5.41) is 0. The van der Waals surface area contributed by atoms with Crippen molar-refractivity contribution in [2.45, 2.75) is 6.42 Å². The zero-order chi connectivity index (χ0) is 6.69. The molecular formula is C6H9FN2. The lowest BCUT2D eigenvalue weighted by atomic mass is 10.1. The molecule has 0 saturated carbocycles. The quantitative estimate of drug-likeness (QED) is 0.553. The van der Waals surface area contributed by atoms with Gasteiger partial charge in [0.25, 0.3) is 0 Å². The summed E-state index contributed by atoms with van der Waals surface area (Å²) in [6, 6.07) is 0. The summed E-state index contributed by atoms with van der Waals surface area (Å²) >= 11 is 0. The monoisotopic (exact) mass is 128 g/mol. The molecule has 2 nitrogen and oxygen atoms in total. The van der Waals surface area contributed by atoms with Crippen molar-refractivity contribution in [2.75, 3.05) is 13.2 Å². The molecule has 3 heteroatoms. The number of rotatable bonds is 1. The van der Waals surface area contributed by atoms with Gasteiger partial charge in [-0.05, 0) is 0 Å². The van der Waals surface area contributed by atoms with Crippen LogP contribution in [0.4, 0.5) is 4.39 Å². The van der Waals surface area contributed by atoms with E-state index in [9.17, 15) is 4.39 Å². The van der Waals surface area contributed by atoms with E-state index in [1.54, 1.807) is 0 Å². The summed E-state index contributed by atoms with van der Waals surface area (Å²) in [4.78, 5) is 3.88. The van der Waals surface area contributed by atoms with E-state index in [2.05, 4.69) is 4.99 Å². The average molecular weight is 128 g/mol. The zero-order valence-corrected chi connectivity index (χ0v) is 5.10. The molecule has 0 radical (unpaired) electrons. The van der Waals surface area contributed by atoms with E-state index >= 15 is 0 Å². The Morgan fingerprint density at radius 3 is 3.00 bits per heavy atom. The van der Waals surface area contributed by atoms with Crippen molar-refractivity contribution >= 4 is 6.21 Å². The minimum absolute atomic E-state index is 0.491. The van der Waals surface area contributed by atoms with Crippen LogP contribution in [0.5, 0.6) is 0 Å². The number of dihydropyridines is 1. The molecule has 0 amide bonds. The predicted octanol–water partition coefficient (Wildman–Crippen LogP) is 0.643. The van der Waals surface area contributed by atoms with Crippen molar-refractivity contribution < 1.29 is 4.39 Å². The van der Waals surface area contributed by atoms with Crippen molar-refractivity contribution in [1.82, 2.24) is 0 Å². The third-order valence-corrected chi connectivity index (χ3v) is 1.31. The second-order valence-electron chi connectivity index (χ2n) is 1.97. The van der Waals surface area contributed by atoms with Gasteiger partial charge in [0.15, 0.2) is 0 Å². The van der Waals surface area contributed by atoms with Crippen LogP contribution < -0.4 is 5.73 Å². The number of alkyl halides is 1. The van der Waals surface area contributed by atoms with E-state index in [0.717, 1.165) is 0 Å². The van der Waals surface area contributed by atoms with E-state index in [4.69, 9.17) is 5.73 Å². The molecule has 9 heavy (non-hydrogen) atoms. The molecule has 0 atom stereocenters. The third kappa shape index (κ3) is 1.28. The molecule has 1 rings (SSSR count). The normalized spacial score (nSPS) is 18.8. The summed E-state index contributed by atoms with van der Waals surface area (Å²) in [5.74, 6) is 0. The lowest BCUT2D eigenvalue weighted by Gasteiger charge is -2.06. The van der Waals surface area contributed by atoms with Crippen LogP contribution in [0.2, 0.25) is 0 Å². The largest absolute Gasteiger partial charge is 0.402 e. The van der Waals surface area contributed by atoms with Crippen LogP contribution in [0.1, 0.15) is 6.42 Å². The van der Waals surface area contributed by atoms with Gasteiger partial charge in [-0.25, -0.2) is 4.39 Å². The van der Waals surface area contributed by atoms with Gasteiger partial charge in [0.1, 0.15) is 6.67 Å². The Bertz CT molecular complexity index is 160. The Kier molecular flexibility index (Phi) is 1.82. The van der Waals surface area contributed by atoms with Gasteiger partial charge in [-0.15, -0.1) is 0 Å². The highest BCUT2D eigenvalue weighted by atomic mass is 19.1. The summed E-state index contributed by atoms with van der Waals surface area (Å²) in [6.07, 6.45) is 2.22. The molecule has 0 spiro atoms. The molecule has 0 aromatic rings. The molecule has 0 fully saturated rings. The Labute approximate surface area is 53.3 Å². The van der Waals surface area contributed by atoms with Gasteiger partial charge in [-0.3, -0.25) is 4.99 Å². The molecule has 50 valence electrons. The zero-order valence-electron chi connectivity index (χ0n) is 5.10. The predicted molar refractivity (Wildman–Crippen MR) is 35.2 cm³/mol. The Balaban J connectivity index is 2.72. The molecule has 0 bridgehead atoms. The molecule has 0 aliphatic carbocycles. The summed E-state index contributed by atoms with van der Waals surface area (Å²) < 4.78 is 11.9. The van der Waals surface area contributed by atoms with E-state index in [0.29, 0.717) is 24.2 Å². The topological polar surface area (TPSA) is 38.4 Å². The van der Waals surface area contributed by atoms with Gasteiger partial charge < -0.3 is 5.73 Å². The van der Waals surface area contributed by atoms with E-state index in [1.807, 2.05) is 0 Å². The van der Waals surface area contributed by atoms with Crippen LogP contribution in [0.15, 0.2) is 16.3 Å². The number of allylic oxidation sites excluding steroid dienone is 1. The number of halogens is 1. The molecule has 2 N–H and O–H groups in total. The Hall–Kier alpha value is -0.860. The lowest BCUT2D eigenvalue weighted by Crippen LogP contribution is -2.10.